The van der Waals surface area contributed by atoms with Crippen molar-refractivity contribution in [1.82, 2.24) is 0 Å². The van der Waals surface area contributed by atoms with Crippen LogP contribution in [-0.4, -0.2) is 11.5 Å². The Morgan fingerprint density at radius 3 is 2.60 bits per heavy atom. The summed E-state index contributed by atoms with van der Waals surface area (Å²) in [5, 5.41) is 0. The lowest BCUT2D eigenvalue weighted by Crippen LogP contribution is -2.21. The molecule has 0 heterocycles. The first-order valence-corrected chi connectivity index (χ1v) is 7.66. The zero-order valence-corrected chi connectivity index (χ0v) is 14.0. The molecule has 0 aromatic heterocycles. The van der Waals surface area contributed by atoms with Gasteiger partial charge in [-0.1, -0.05) is 40.3 Å². The Labute approximate surface area is 133 Å². The second-order valence-electron chi connectivity index (χ2n) is 4.61. The fourth-order valence-corrected chi connectivity index (χ4v) is 2.75. The first kappa shape index (κ1) is 15.0. The highest BCUT2D eigenvalue weighted by molar-refractivity contribution is 9.10. The second kappa shape index (κ2) is 6.37. The molecule has 104 valence electrons. The van der Waals surface area contributed by atoms with Crippen LogP contribution < -0.4 is 10.6 Å². The maximum atomic E-state index is 5.87. The maximum absolute atomic E-state index is 5.87. The van der Waals surface area contributed by atoms with Gasteiger partial charge in [0.25, 0.3) is 0 Å². The largest absolute Gasteiger partial charge is 0.389 e. The Morgan fingerprint density at radius 2 is 2.00 bits per heavy atom. The third-order valence-corrected chi connectivity index (χ3v) is 3.86. The summed E-state index contributed by atoms with van der Waals surface area (Å²) >= 11 is 8.65. The minimum atomic E-state index is 0.410. The van der Waals surface area contributed by atoms with E-state index in [1.807, 2.05) is 18.2 Å². The van der Waals surface area contributed by atoms with E-state index >= 15 is 0 Å². The zero-order valence-electron chi connectivity index (χ0n) is 11.6. The van der Waals surface area contributed by atoms with Gasteiger partial charge in [0.05, 0.1) is 5.69 Å². The molecule has 0 aliphatic carbocycles. The Balaban J connectivity index is 2.55. The van der Waals surface area contributed by atoms with Crippen molar-refractivity contribution in [3.63, 3.8) is 0 Å². The van der Waals surface area contributed by atoms with Crippen LogP contribution in [0.2, 0.25) is 0 Å². The van der Waals surface area contributed by atoms with Gasteiger partial charge in [-0.3, -0.25) is 0 Å². The maximum Gasteiger partial charge on any atom is 0.106 e. The molecular formula is C16H17BrN2S. The molecule has 0 aliphatic rings. The molecule has 2 N–H and O–H groups in total. The van der Waals surface area contributed by atoms with Crippen LogP contribution >= 0.6 is 28.1 Å². The predicted octanol–water partition coefficient (Wildman–Crippen LogP) is 4.55. The molecule has 0 saturated heterocycles. The van der Waals surface area contributed by atoms with Gasteiger partial charge in [-0.05, 0) is 49.7 Å². The van der Waals surface area contributed by atoms with Gasteiger partial charge >= 0.3 is 0 Å². The molecule has 20 heavy (non-hydrogen) atoms. The van der Waals surface area contributed by atoms with Crippen molar-refractivity contribution in [2.75, 3.05) is 11.4 Å². The molecule has 4 heteroatoms. The van der Waals surface area contributed by atoms with Crippen LogP contribution in [0.4, 0.5) is 11.4 Å². The van der Waals surface area contributed by atoms with Gasteiger partial charge in [0.2, 0.25) is 0 Å². The summed E-state index contributed by atoms with van der Waals surface area (Å²) in [7, 11) is 0. The second-order valence-corrected chi connectivity index (χ2v) is 5.96. The molecule has 2 nitrogen and oxygen atoms in total. The normalized spacial score (nSPS) is 10.3. The number of aryl methyl sites for hydroxylation is 1. The van der Waals surface area contributed by atoms with Gasteiger partial charge in [0.15, 0.2) is 0 Å². The van der Waals surface area contributed by atoms with E-state index in [-0.39, 0.29) is 0 Å². The topological polar surface area (TPSA) is 29.3 Å². The average molecular weight is 349 g/mol. The number of rotatable bonds is 4. The quantitative estimate of drug-likeness (QED) is 0.821. The molecular weight excluding hydrogens is 332 g/mol. The van der Waals surface area contributed by atoms with Crippen LogP contribution in [0.5, 0.6) is 0 Å². The van der Waals surface area contributed by atoms with Gasteiger partial charge in [0, 0.05) is 22.3 Å². The number of thiocarbonyl (C=S) groups is 1. The van der Waals surface area contributed by atoms with E-state index < -0.39 is 0 Å². The molecule has 0 unspecified atom stereocenters. The number of nitrogens with two attached hydrogens (primary N) is 1. The Kier molecular flexibility index (Phi) is 4.78. The number of hydrogen-bond acceptors (Lipinski definition) is 2. The van der Waals surface area contributed by atoms with Crippen LogP contribution in [0.1, 0.15) is 18.1 Å². The first-order valence-electron chi connectivity index (χ1n) is 6.46. The van der Waals surface area contributed by atoms with Crippen molar-refractivity contribution in [3.05, 3.63) is 58.1 Å². The highest BCUT2D eigenvalue weighted by Gasteiger charge is 2.14. The molecule has 0 saturated carbocycles. The molecule has 0 bridgehead atoms. The average Bonchev–Trinajstić information content (AvgIpc) is 2.41. The molecule has 0 amide bonds. The highest BCUT2D eigenvalue weighted by atomic mass is 79.9. The molecule has 0 atom stereocenters. The van der Waals surface area contributed by atoms with E-state index in [2.05, 4.69) is 58.9 Å². The number of benzene rings is 2. The van der Waals surface area contributed by atoms with Gasteiger partial charge in [0.1, 0.15) is 4.99 Å². The molecule has 0 fully saturated rings. The smallest absolute Gasteiger partial charge is 0.106 e. The predicted molar refractivity (Wildman–Crippen MR) is 93.9 cm³/mol. The third-order valence-electron chi connectivity index (χ3n) is 3.14. The van der Waals surface area contributed by atoms with Crippen molar-refractivity contribution in [2.24, 2.45) is 5.73 Å². The fraction of sp³-hybridized carbons (Fsp3) is 0.188. The van der Waals surface area contributed by atoms with Crippen LogP contribution in [-0.2, 0) is 0 Å². The molecule has 2 rings (SSSR count). The summed E-state index contributed by atoms with van der Waals surface area (Å²) in [5.74, 6) is 0. The first-order chi connectivity index (χ1) is 9.52. The van der Waals surface area contributed by atoms with Gasteiger partial charge in [-0.25, -0.2) is 0 Å². The van der Waals surface area contributed by atoms with E-state index in [0.29, 0.717) is 4.99 Å². The Morgan fingerprint density at radius 1 is 1.25 bits per heavy atom. The van der Waals surface area contributed by atoms with E-state index in [0.717, 1.165) is 28.0 Å². The SMILES string of the molecule is CCN(c1cccc(C)c1)c1ccc(Br)cc1C(N)=S. The molecule has 2 aromatic carbocycles. The number of halogens is 1. The van der Waals surface area contributed by atoms with E-state index in [9.17, 15) is 0 Å². The summed E-state index contributed by atoms with van der Waals surface area (Å²) in [6.45, 7) is 5.06. The monoisotopic (exact) mass is 348 g/mol. The lowest BCUT2D eigenvalue weighted by molar-refractivity contribution is 1.02. The Hall–Kier alpha value is -1.39. The molecule has 0 spiro atoms. The van der Waals surface area contributed by atoms with Crippen LogP contribution in [0, 0.1) is 6.92 Å². The van der Waals surface area contributed by atoms with Gasteiger partial charge in [-0.15, -0.1) is 0 Å². The zero-order chi connectivity index (χ0) is 14.7. The van der Waals surface area contributed by atoms with Gasteiger partial charge in [-0.2, -0.15) is 0 Å². The van der Waals surface area contributed by atoms with Crippen LogP contribution in [0.25, 0.3) is 0 Å². The standard InChI is InChI=1S/C16H17BrN2S/c1-3-19(13-6-4-5-11(2)9-13)15-8-7-12(17)10-14(15)16(18)20/h4-10H,3H2,1-2H3,(H2,18,20). The van der Waals surface area contributed by atoms with Gasteiger partial charge < -0.3 is 10.6 Å². The third kappa shape index (κ3) is 3.19. The summed E-state index contributed by atoms with van der Waals surface area (Å²) in [5.41, 5.74) is 10.2. The summed E-state index contributed by atoms with van der Waals surface area (Å²) in [6, 6.07) is 14.4. The van der Waals surface area contributed by atoms with Crippen molar-refractivity contribution in [1.29, 1.82) is 0 Å². The van der Waals surface area contributed by atoms with Crippen molar-refractivity contribution >= 4 is 44.5 Å². The minimum absolute atomic E-state index is 0.410. The molecule has 0 radical (unpaired) electrons. The number of anilines is 2. The highest BCUT2D eigenvalue weighted by Crippen LogP contribution is 2.31. The Bertz CT molecular complexity index is 640. The van der Waals surface area contributed by atoms with Crippen molar-refractivity contribution < 1.29 is 0 Å². The minimum Gasteiger partial charge on any atom is -0.389 e. The lowest BCUT2D eigenvalue weighted by Gasteiger charge is -2.26. The number of nitrogens with zero attached hydrogens (tertiary/aromatic N) is 1. The molecule has 2 aromatic rings. The molecule has 0 aliphatic heterocycles. The number of hydrogen-bond donors (Lipinski definition) is 1. The van der Waals surface area contributed by atoms with Crippen molar-refractivity contribution in [3.8, 4) is 0 Å². The summed E-state index contributed by atoms with van der Waals surface area (Å²) in [6.07, 6.45) is 0. The van der Waals surface area contributed by atoms with Crippen molar-refractivity contribution in [2.45, 2.75) is 13.8 Å². The van der Waals surface area contributed by atoms with Crippen LogP contribution in [0.3, 0.4) is 0 Å². The van der Waals surface area contributed by atoms with E-state index in [1.54, 1.807) is 0 Å². The lowest BCUT2D eigenvalue weighted by atomic mass is 10.1. The summed E-state index contributed by atoms with van der Waals surface area (Å²) in [4.78, 5) is 2.63. The fourth-order valence-electron chi connectivity index (χ4n) is 2.23. The van der Waals surface area contributed by atoms with E-state index in [4.69, 9.17) is 18.0 Å². The van der Waals surface area contributed by atoms with E-state index in [1.165, 1.54) is 5.56 Å². The summed E-state index contributed by atoms with van der Waals surface area (Å²) < 4.78 is 0.976. The van der Waals surface area contributed by atoms with Crippen LogP contribution in [0.15, 0.2) is 46.9 Å².